The summed E-state index contributed by atoms with van der Waals surface area (Å²) in [6.07, 6.45) is 8.28. The summed E-state index contributed by atoms with van der Waals surface area (Å²) in [6.45, 7) is 2.10. The molecule has 0 saturated carbocycles. The second-order valence-electron chi connectivity index (χ2n) is 9.72. The molecular weight excluding hydrogens is 416 g/mol. The fraction of sp³-hybridized carbons (Fsp3) is 0.258. The number of pyridine rings is 1. The topological polar surface area (TPSA) is 36.4 Å². The molecule has 3 aromatic carbocycles. The highest BCUT2D eigenvalue weighted by molar-refractivity contribution is 5.82. The van der Waals surface area contributed by atoms with Crippen LogP contribution in [-0.2, 0) is 0 Å². The number of benzene rings is 3. The van der Waals surface area contributed by atoms with Crippen LogP contribution in [-0.4, -0.2) is 34.1 Å². The standard InChI is InChI=1S/C31H30N2O/c34-31(28-16-18-32-29-9-5-4-8-27(28)29)30-20-25-17-19-33(30)21-26(25)15-12-22-10-13-24(14-11-22)23-6-2-1-3-7-23/h1-16,18,25-26,30-31,34H,17,19-21H2/b15-12+/t25-,26-,30+,31+/m0/s1. The Morgan fingerprint density at radius 3 is 2.44 bits per heavy atom. The molecule has 7 rings (SSSR count). The summed E-state index contributed by atoms with van der Waals surface area (Å²) >= 11 is 0. The van der Waals surface area contributed by atoms with Crippen LogP contribution >= 0.6 is 0 Å². The zero-order valence-electron chi connectivity index (χ0n) is 19.3. The van der Waals surface area contributed by atoms with E-state index in [1.807, 2.05) is 30.5 Å². The highest BCUT2D eigenvalue weighted by Crippen LogP contribution is 2.42. The third-order valence-corrected chi connectivity index (χ3v) is 7.77. The molecule has 170 valence electrons. The highest BCUT2D eigenvalue weighted by Gasteiger charge is 2.42. The van der Waals surface area contributed by atoms with E-state index in [-0.39, 0.29) is 6.04 Å². The Balaban J connectivity index is 1.15. The molecule has 3 nitrogen and oxygen atoms in total. The zero-order valence-corrected chi connectivity index (χ0v) is 19.3. The Labute approximate surface area is 201 Å². The molecule has 4 aromatic rings. The van der Waals surface area contributed by atoms with Gasteiger partial charge in [0.15, 0.2) is 0 Å². The quantitative estimate of drug-likeness (QED) is 0.388. The number of fused-ring (bicyclic) bond motifs is 4. The first kappa shape index (κ1) is 21.3. The van der Waals surface area contributed by atoms with E-state index in [1.165, 1.54) is 23.1 Å². The second-order valence-corrected chi connectivity index (χ2v) is 9.72. The molecule has 3 heteroatoms. The normalized spacial score (nSPS) is 25.1. The van der Waals surface area contributed by atoms with Gasteiger partial charge in [-0.25, -0.2) is 0 Å². The molecule has 1 unspecified atom stereocenters. The first-order valence-electron chi connectivity index (χ1n) is 12.4. The van der Waals surface area contributed by atoms with Gasteiger partial charge in [-0.15, -0.1) is 0 Å². The van der Waals surface area contributed by atoms with Crippen LogP contribution in [0, 0.1) is 11.8 Å². The Bertz CT molecular complexity index is 1290. The maximum Gasteiger partial charge on any atom is 0.0952 e. The van der Waals surface area contributed by atoms with Crippen molar-refractivity contribution in [1.82, 2.24) is 9.88 Å². The third-order valence-electron chi connectivity index (χ3n) is 7.77. The summed E-state index contributed by atoms with van der Waals surface area (Å²) in [5.74, 6) is 1.16. The predicted octanol–water partition coefficient (Wildman–Crippen LogP) is 6.36. The van der Waals surface area contributed by atoms with Crippen LogP contribution in [0.5, 0.6) is 0 Å². The number of piperidine rings is 3. The number of nitrogens with zero attached hydrogens (tertiary/aromatic N) is 2. The Hall–Kier alpha value is -3.27. The maximum atomic E-state index is 11.4. The minimum Gasteiger partial charge on any atom is -0.387 e. The van der Waals surface area contributed by atoms with Gasteiger partial charge in [0.2, 0.25) is 0 Å². The molecule has 0 amide bonds. The van der Waals surface area contributed by atoms with Crippen molar-refractivity contribution in [2.24, 2.45) is 11.8 Å². The summed E-state index contributed by atoms with van der Waals surface area (Å²) in [6, 6.07) is 29.6. The fourth-order valence-corrected chi connectivity index (χ4v) is 5.89. The molecule has 3 fully saturated rings. The van der Waals surface area contributed by atoms with Gasteiger partial charge in [0, 0.05) is 24.2 Å². The average Bonchev–Trinajstić information content (AvgIpc) is 2.92. The molecule has 34 heavy (non-hydrogen) atoms. The predicted molar refractivity (Wildman–Crippen MR) is 139 cm³/mol. The van der Waals surface area contributed by atoms with Crippen molar-refractivity contribution in [3.63, 3.8) is 0 Å². The Kier molecular flexibility index (Phi) is 5.74. The van der Waals surface area contributed by atoms with Gasteiger partial charge in [-0.1, -0.05) is 84.9 Å². The molecule has 1 aromatic heterocycles. The van der Waals surface area contributed by atoms with Gasteiger partial charge < -0.3 is 5.11 Å². The molecule has 4 heterocycles. The molecule has 1 N–H and O–H groups in total. The average molecular weight is 447 g/mol. The van der Waals surface area contributed by atoms with E-state index in [1.54, 1.807) is 0 Å². The van der Waals surface area contributed by atoms with E-state index >= 15 is 0 Å². The molecule has 0 spiro atoms. The van der Waals surface area contributed by atoms with E-state index < -0.39 is 6.10 Å². The summed E-state index contributed by atoms with van der Waals surface area (Å²) in [5, 5.41) is 12.5. The van der Waals surface area contributed by atoms with Crippen molar-refractivity contribution in [1.29, 1.82) is 0 Å². The summed E-state index contributed by atoms with van der Waals surface area (Å²) in [7, 11) is 0. The van der Waals surface area contributed by atoms with Crippen LogP contribution in [0.25, 0.3) is 28.1 Å². The summed E-state index contributed by atoms with van der Waals surface area (Å²) in [4.78, 5) is 6.98. The number of para-hydroxylation sites is 1. The number of aliphatic hydroxyl groups excluding tert-OH is 1. The van der Waals surface area contributed by atoms with Crippen LogP contribution < -0.4 is 0 Å². The van der Waals surface area contributed by atoms with Gasteiger partial charge in [0.05, 0.1) is 11.6 Å². The van der Waals surface area contributed by atoms with Crippen molar-refractivity contribution in [3.8, 4) is 11.1 Å². The van der Waals surface area contributed by atoms with Crippen LogP contribution in [0.1, 0.15) is 30.1 Å². The lowest BCUT2D eigenvalue weighted by Crippen LogP contribution is -2.54. The van der Waals surface area contributed by atoms with Crippen molar-refractivity contribution in [2.45, 2.75) is 25.0 Å². The lowest BCUT2D eigenvalue weighted by Gasteiger charge is -2.50. The Morgan fingerprint density at radius 1 is 0.882 bits per heavy atom. The van der Waals surface area contributed by atoms with Gasteiger partial charge >= 0.3 is 0 Å². The van der Waals surface area contributed by atoms with Gasteiger partial charge in [-0.3, -0.25) is 9.88 Å². The number of aromatic nitrogens is 1. The van der Waals surface area contributed by atoms with Gasteiger partial charge in [0.25, 0.3) is 0 Å². The first-order valence-corrected chi connectivity index (χ1v) is 12.4. The maximum absolute atomic E-state index is 11.4. The molecule has 0 radical (unpaired) electrons. The highest BCUT2D eigenvalue weighted by atomic mass is 16.3. The molecule has 3 aliphatic heterocycles. The van der Waals surface area contributed by atoms with Crippen molar-refractivity contribution in [2.75, 3.05) is 13.1 Å². The molecule has 3 aliphatic rings. The summed E-state index contributed by atoms with van der Waals surface area (Å²) < 4.78 is 0. The van der Waals surface area contributed by atoms with Crippen molar-refractivity contribution >= 4 is 17.0 Å². The minimum absolute atomic E-state index is 0.180. The second kappa shape index (κ2) is 9.17. The van der Waals surface area contributed by atoms with E-state index in [0.717, 1.165) is 36.0 Å². The van der Waals surface area contributed by atoms with E-state index in [0.29, 0.717) is 11.8 Å². The van der Waals surface area contributed by atoms with E-state index in [2.05, 4.69) is 82.7 Å². The monoisotopic (exact) mass is 446 g/mol. The first-order chi connectivity index (χ1) is 16.8. The van der Waals surface area contributed by atoms with Crippen LogP contribution in [0.3, 0.4) is 0 Å². The van der Waals surface area contributed by atoms with Crippen molar-refractivity contribution < 1.29 is 5.11 Å². The van der Waals surface area contributed by atoms with Gasteiger partial charge in [0.1, 0.15) is 0 Å². The van der Waals surface area contributed by atoms with Crippen LogP contribution in [0.15, 0.2) is 97.2 Å². The number of aliphatic hydroxyl groups is 1. The van der Waals surface area contributed by atoms with Gasteiger partial charge in [-0.05, 0) is 65.6 Å². The smallest absolute Gasteiger partial charge is 0.0952 e. The molecular formula is C31H30N2O. The number of rotatable bonds is 5. The SMILES string of the molecule is O[C@H](c1ccnc2ccccc12)[C@H]1C[C@@H]2CCN1C[C@@H]2/C=C/c1ccc(-c2ccccc2)cc1. The molecule has 2 bridgehead atoms. The largest absolute Gasteiger partial charge is 0.387 e. The van der Waals surface area contributed by atoms with Crippen LogP contribution in [0.2, 0.25) is 0 Å². The van der Waals surface area contributed by atoms with E-state index in [9.17, 15) is 5.11 Å². The number of hydrogen-bond acceptors (Lipinski definition) is 3. The van der Waals surface area contributed by atoms with Gasteiger partial charge in [-0.2, -0.15) is 0 Å². The lowest BCUT2D eigenvalue weighted by molar-refractivity contribution is -0.0444. The zero-order chi connectivity index (χ0) is 22.9. The third kappa shape index (κ3) is 4.06. The molecule has 0 aliphatic carbocycles. The fourth-order valence-electron chi connectivity index (χ4n) is 5.89. The van der Waals surface area contributed by atoms with Crippen LogP contribution in [0.4, 0.5) is 0 Å². The molecule has 5 atom stereocenters. The minimum atomic E-state index is -0.480. The summed E-state index contributed by atoms with van der Waals surface area (Å²) in [5.41, 5.74) is 5.71. The van der Waals surface area contributed by atoms with Crippen molar-refractivity contribution in [3.05, 3.63) is 108 Å². The lowest BCUT2D eigenvalue weighted by atomic mass is 9.73. The molecule has 3 saturated heterocycles. The number of hydrogen-bond donors (Lipinski definition) is 1. The Morgan fingerprint density at radius 2 is 1.65 bits per heavy atom. The van der Waals surface area contributed by atoms with E-state index in [4.69, 9.17) is 0 Å².